The van der Waals surface area contributed by atoms with Crippen LogP contribution in [0.15, 0.2) is 10.9 Å². The Kier molecular flexibility index (Phi) is 3.61. The molecular formula is C5ClF9. The predicted molar refractivity (Wildman–Crippen MR) is 31.0 cm³/mol. The van der Waals surface area contributed by atoms with Gasteiger partial charge in [0.25, 0.3) is 0 Å². The minimum atomic E-state index is -6.40. The summed E-state index contributed by atoms with van der Waals surface area (Å²) in [5.74, 6) is -9.75. The minimum Gasteiger partial charge on any atom is -0.200 e. The van der Waals surface area contributed by atoms with E-state index in [0.29, 0.717) is 0 Å². The first-order valence-electron chi connectivity index (χ1n) is 2.89. The highest BCUT2D eigenvalue weighted by Gasteiger charge is 2.62. The molecule has 0 unspecified atom stereocenters. The average Bonchev–Trinajstić information content (AvgIpc) is 1.97. The maximum atomic E-state index is 12.1. The van der Waals surface area contributed by atoms with Crippen molar-refractivity contribution in [3.05, 3.63) is 10.9 Å². The van der Waals surface area contributed by atoms with Gasteiger partial charge in [0.05, 0.1) is 0 Å². The van der Waals surface area contributed by atoms with E-state index in [1.165, 1.54) is 0 Å². The molecule has 0 N–H and O–H groups in total. The SMILES string of the molecule is FC(=C(Cl)C(F)(F)C(F)(F)F)C(F)(F)F. The molecule has 0 atom stereocenters. The molecule has 0 aromatic carbocycles. The topological polar surface area (TPSA) is 0 Å². The van der Waals surface area contributed by atoms with Crippen LogP contribution in [0.5, 0.6) is 0 Å². The first-order chi connectivity index (χ1) is 6.32. The van der Waals surface area contributed by atoms with Gasteiger partial charge in [-0.05, 0) is 0 Å². The van der Waals surface area contributed by atoms with Crippen molar-refractivity contribution in [3.63, 3.8) is 0 Å². The van der Waals surface area contributed by atoms with Crippen LogP contribution in [0.25, 0.3) is 0 Å². The van der Waals surface area contributed by atoms with Crippen LogP contribution in [0.1, 0.15) is 0 Å². The molecule has 15 heavy (non-hydrogen) atoms. The summed E-state index contributed by atoms with van der Waals surface area (Å²) >= 11 is 4.01. The minimum absolute atomic E-state index is 3.23. The molecule has 0 heterocycles. The Hall–Kier alpha value is -0.600. The summed E-state index contributed by atoms with van der Waals surface area (Å²) in [4.78, 5) is 0. The summed E-state index contributed by atoms with van der Waals surface area (Å²) in [5, 5.41) is -3.23. The third-order valence-electron chi connectivity index (χ3n) is 1.07. The lowest BCUT2D eigenvalue weighted by molar-refractivity contribution is -0.263. The monoisotopic (exact) mass is 266 g/mol. The van der Waals surface area contributed by atoms with E-state index in [2.05, 4.69) is 11.6 Å². The first-order valence-corrected chi connectivity index (χ1v) is 3.27. The van der Waals surface area contributed by atoms with Gasteiger partial charge in [0, 0.05) is 0 Å². The van der Waals surface area contributed by atoms with Gasteiger partial charge in [0.2, 0.25) is 5.83 Å². The van der Waals surface area contributed by atoms with Crippen molar-refractivity contribution in [1.29, 1.82) is 0 Å². The van der Waals surface area contributed by atoms with Crippen LogP contribution in [0.4, 0.5) is 39.5 Å². The highest BCUT2D eigenvalue weighted by molar-refractivity contribution is 6.30. The zero-order valence-corrected chi connectivity index (χ0v) is 7.04. The average molecular weight is 266 g/mol. The standard InChI is InChI=1S/C5ClF9/c6-1(2(7)4(10,11)12)3(8,9)5(13,14)15. The molecule has 0 amide bonds. The Morgan fingerprint density at radius 2 is 1.13 bits per heavy atom. The number of hydrogen-bond acceptors (Lipinski definition) is 0. The molecule has 0 aliphatic heterocycles. The second kappa shape index (κ2) is 3.76. The van der Waals surface area contributed by atoms with Gasteiger partial charge in [-0.25, -0.2) is 4.39 Å². The second-order valence-corrected chi connectivity index (χ2v) is 2.58. The fraction of sp³-hybridized carbons (Fsp3) is 0.600. The van der Waals surface area contributed by atoms with Crippen molar-refractivity contribution in [2.75, 3.05) is 0 Å². The van der Waals surface area contributed by atoms with Gasteiger partial charge in [0.1, 0.15) is 5.03 Å². The molecule has 0 saturated carbocycles. The van der Waals surface area contributed by atoms with Gasteiger partial charge in [0.15, 0.2) is 0 Å². The Labute approximate surface area is 81.3 Å². The largest absolute Gasteiger partial charge is 0.459 e. The van der Waals surface area contributed by atoms with E-state index < -0.39 is 29.1 Å². The van der Waals surface area contributed by atoms with Crippen molar-refractivity contribution >= 4 is 11.6 Å². The second-order valence-electron chi connectivity index (χ2n) is 2.20. The Morgan fingerprint density at radius 3 is 1.33 bits per heavy atom. The van der Waals surface area contributed by atoms with E-state index in [1.54, 1.807) is 0 Å². The van der Waals surface area contributed by atoms with Crippen LogP contribution >= 0.6 is 11.6 Å². The van der Waals surface area contributed by atoms with E-state index >= 15 is 0 Å². The van der Waals surface area contributed by atoms with Gasteiger partial charge in [-0.3, -0.25) is 0 Å². The third-order valence-corrected chi connectivity index (χ3v) is 1.48. The molecule has 0 saturated heterocycles. The van der Waals surface area contributed by atoms with Gasteiger partial charge in [-0.2, -0.15) is 35.1 Å². The molecule has 0 radical (unpaired) electrons. The van der Waals surface area contributed by atoms with Crippen molar-refractivity contribution in [3.8, 4) is 0 Å². The zero-order chi connectivity index (χ0) is 12.7. The van der Waals surface area contributed by atoms with Crippen LogP contribution in [-0.4, -0.2) is 18.3 Å². The van der Waals surface area contributed by atoms with Crippen molar-refractivity contribution < 1.29 is 39.5 Å². The molecule has 90 valence electrons. The summed E-state index contributed by atoms with van der Waals surface area (Å²) in [7, 11) is 0. The zero-order valence-electron chi connectivity index (χ0n) is 6.28. The smallest absolute Gasteiger partial charge is 0.200 e. The fourth-order valence-electron chi connectivity index (χ4n) is 0.387. The quantitative estimate of drug-likeness (QED) is 0.625. The van der Waals surface area contributed by atoms with E-state index in [-0.39, 0.29) is 0 Å². The van der Waals surface area contributed by atoms with E-state index in [1.807, 2.05) is 0 Å². The molecule has 0 nitrogen and oxygen atoms in total. The molecule has 0 aromatic rings. The summed E-state index contributed by atoms with van der Waals surface area (Å²) in [6.45, 7) is 0. The maximum Gasteiger partial charge on any atom is 0.459 e. The van der Waals surface area contributed by atoms with Gasteiger partial charge >= 0.3 is 18.3 Å². The Balaban J connectivity index is 5.44. The predicted octanol–water partition coefficient (Wildman–Crippen LogP) is 4.17. The highest BCUT2D eigenvalue weighted by Crippen LogP contribution is 2.46. The maximum absolute atomic E-state index is 12.1. The number of rotatable bonds is 1. The molecule has 0 aromatic heterocycles. The molecule has 0 bridgehead atoms. The number of halogens is 10. The van der Waals surface area contributed by atoms with Crippen molar-refractivity contribution in [1.82, 2.24) is 0 Å². The molecule has 0 aliphatic carbocycles. The van der Waals surface area contributed by atoms with Crippen LogP contribution < -0.4 is 0 Å². The van der Waals surface area contributed by atoms with Crippen LogP contribution in [0, 0.1) is 0 Å². The molecule has 0 rings (SSSR count). The molecule has 0 aliphatic rings. The normalized spacial score (nSPS) is 16.4. The molecule has 0 spiro atoms. The van der Waals surface area contributed by atoms with Crippen LogP contribution in [0.3, 0.4) is 0 Å². The van der Waals surface area contributed by atoms with Crippen LogP contribution in [-0.2, 0) is 0 Å². The lowest BCUT2D eigenvalue weighted by Gasteiger charge is -2.19. The number of allylic oxidation sites excluding steroid dienone is 2. The molecule has 10 heteroatoms. The van der Waals surface area contributed by atoms with Crippen LogP contribution in [0.2, 0.25) is 0 Å². The van der Waals surface area contributed by atoms with Crippen molar-refractivity contribution in [2.24, 2.45) is 0 Å². The van der Waals surface area contributed by atoms with E-state index in [4.69, 9.17) is 0 Å². The number of alkyl halides is 8. The highest BCUT2D eigenvalue weighted by atomic mass is 35.5. The lowest BCUT2D eigenvalue weighted by Crippen LogP contribution is -2.38. The first kappa shape index (κ1) is 14.4. The van der Waals surface area contributed by atoms with E-state index in [0.717, 1.165) is 0 Å². The van der Waals surface area contributed by atoms with Gasteiger partial charge in [-0.1, -0.05) is 11.6 Å². The Bertz CT molecular complexity index is 269. The lowest BCUT2D eigenvalue weighted by atomic mass is 10.2. The van der Waals surface area contributed by atoms with E-state index in [9.17, 15) is 39.5 Å². The summed E-state index contributed by atoms with van der Waals surface area (Å²) < 4.78 is 105. The third kappa shape index (κ3) is 2.93. The summed E-state index contributed by atoms with van der Waals surface area (Å²) in [6, 6.07) is 0. The number of hydrogen-bond donors (Lipinski definition) is 0. The molecular weight excluding hydrogens is 266 g/mol. The van der Waals surface area contributed by atoms with Gasteiger partial charge in [-0.15, -0.1) is 0 Å². The van der Waals surface area contributed by atoms with Crippen molar-refractivity contribution in [2.45, 2.75) is 18.3 Å². The summed E-state index contributed by atoms with van der Waals surface area (Å²) in [5.41, 5.74) is 0. The Morgan fingerprint density at radius 1 is 0.800 bits per heavy atom. The fourth-order valence-corrected chi connectivity index (χ4v) is 0.601. The van der Waals surface area contributed by atoms with Gasteiger partial charge < -0.3 is 0 Å². The molecule has 0 fully saturated rings. The summed E-state index contributed by atoms with van der Waals surface area (Å²) in [6.07, 6.45) is -12.4.